The standard InChI is InChI=1S/C21H24F3N3O/c1-15-4-3-5-16(14-15)19(28)26-10-8-20(9-11-26)17-6-7-18(21(22,23)24)27(17)13-12-25(20)2/h3-7,14H,8-13H2,1-2H3. The quantitative estimate of drug-likeness (QED) is 0.738. The normalized spacial score (nSPS) is 19.7. The van der Waals surface area contributed by atoms with Crippen LogP contribution in [-0.4, -0.2) is 47.0 Å². The fourth-order valence-corrected chi connectivity index (χ4v) is 4.70. The number of aryl methyl sites for hydroxylation is 1. The number of hydrogen-bond donors (Lipinski definition) is 0. The molecule has 7 heteroatoms. The van der Waals surface area contributed by atoms with Gasteiger partial charge in [0.1, 0.15) is 5.69 Å². The summed E-state index contributed by atoms with van der Waals surface area (Å²) in [5.41, 5.74) is 1.38. The molecule has 0 N–H and O–H groups in total. The fourth-order valence-electron chi connectivity index (χ4n) is 4.70. The number of rotatable bonds is 1. The lowest BCUT2D eigenvalue weighted by molar-refractivity contribution is -0.144. The molecule has 28 heavy (non-hydrogen) atoms. The lowest BCUT2D eigenvalue weighted by Crippen LogP contribution is -2.56. The minimum atomic E-state index is -4.35. The summed E-state index contributed by atoms with van der Waals surface area (Å²) in [5.74, 6) is -0.0108. The second-order valence-corrected chi connectivity index (χ2v) is 7.87. The van der Waals surface area contributed by atoms with Gasteiger partial charge in [-0.2, -0.15) is 13.2 Å². The van der Waals surface area contributed by atoms with Gasteiger partial charge in [0.2, 0.25) is 0 Å². The van der Waals surface area contributed by atoms with E-state index in [0.29, 0.717) is 44.6 Å². The Labute approximate surface area is 162 Å². The van der Waals surface area contributed by atoms with Crippen LogP contribution in [0.1, 0.15) is 40.2 Å². The maximum Gasteiger partial charge on any atom is 0.431 e. The van der Waals surface area contributed by atoms with Gasteiger partial charge in [-0.25, -0.2) is 0 Å². The molecule has 0 atom stereocenters. The van der Waals surface area contributed by atoms with E-state index in [1.165, 1.54) is 10.6 Å². The highest BCUT2D eigenvalue weighted by atomic mass is 19.4. The number of likely N-dealkylation sites (N-methyl/N-ethyl adjacent to an activating group) is 1. The number of halogens is 3. The summed E-state index contributed by atoms with van der Waals surface area (Å²) in [7, 11) is 1.97. The number of carbonyl (C=O) groups is 1. The number of benzene rings is 1. The van der Waals surface area contributed by atoms with Crippen LogP contribution < -0.4 is 0 Å². The van der Waals surface area contributed by atoms with Crippen molar-refractivity contribution in [1.29, 1.82) is 0 Å². The topological polar surface area (TPSA) is 28.5 Å². The van der Waals surface area contributed by atoms with Crippen molar-refractivity contribution >= 4 is 5.91 Å². The number of piperidine rings is 1. The van der Waals surface area contributed by atoms with Crippen molar-refractivity contribution in [1.82, 2.24) is 14.4 Å². The zero-order valence-corrected chi connectivity index (χ0v) is 16.1. The van der Waals surface area contributed by atoms with Crippen LogP contribution in [0.15, 0.2) is 36.4 Å². The van der Waals surface area contributed by atoms with Gasteiger partial charge in [-0.15, -0.1) is 0 Å². The lowest BCUT2D eigenvalue weighted by Gasteiger charge is -2.50. The van der Waals surface area contributed by atoms with Crippen molar-refractivity contribution in [2.75, 3.05) is 26.7 Å². The molecule has 150 valence electrons. The number of hydrogen-bond acceptors (Lipinski definition) is 2. The Morgan fingerprint density at radius 2 is 1.75 bits per heavy atom. The number of amides is 1. The Hall–Kier alpha value is -2.28. The van der Waals surface area contributed by atoms with E-state index < -0.39 is 17.4 Å². The van der Waals surface area contributed by atoms with Crippen LogP contribution >= 0.6 is 0 Å². The molecule has 1 saturated heterocycles. The predicted molar refractivity (Wildman–Crippen MR) is 100 cm³/mol. The van der Waals surface area contributed by atoms with Gasteiger partial charge in [-0.1, -0.05) is 17.7 Å². The van der Waals surface area contributed by atoms with Crippen molar-refractivity contribution in [2.24, 2.45) is 0 Å². The van der Waals surface area contributed by atoms with Gasteiger partial charge < -0.3 is 9.47 Å². The van der Waals surface area contributed by atoms with E-state index in [9.17, 15) is 18.0 Å². The van der Waals surface area contributed by atoms with Crippen LogP contribution in [0.2, 0.25) is 0 Å². The van der Waals surface area contributed by atoms with Crippen molar-refractivity contribution < 1.29 is 18.0 Å². The molecule has 2 aliphatic rings. The molecule has 0 saturated carbocycles. The minimum Gasteiger partial charge on any atom is -0.338 e. The lowest BCUT2D eigenvalue weighted by atomic mass is 9.81. The third-order valence-corrected chi connectivity index (χ3v) is 6.28. The monoisotopic (exact) mass is 391 g/mol. The summed E-state index contributed by atoms with van der Waals surface area (Å²) in [6.45, 7) is 3.91. The molecule has 2 aliphatic heterocycles. The average Bonchev–Trinajstić information content (AvgIpc) is 3.10. The second-order valence-electron chi connectivity index (χ2n) is 7.87. The predicted octanol–water partition coefficient (Wildman–Crippen LogP) is 3.89. The van der Waals surface area contributed by atoms with E-state index >= 15 is 0 Å². The molecule has 3 heterocycles. The Bertz CT molecular complexity index is 895. The molecule has 0 unspecified atom stereocenters. The maximum atomic E-state index is 13.4. The van der Waals surface area contributed by atoms with E-state index in [-0.39, 0.29) is 5.91 Å². The molecule has 2 aromatic rings. The van der Waals surface area contributed by atoms with Crippen molar-refractivity contribution in [2.45, 2.75) is 38.0 Å². The Kier molecular flexibility index (Phi) is 4.53. The molecule has 4 rings (SSSR count). The molecule has 0 radical (unpaired) electrons. The largest absolute Gasteiger partial charge is 0.431 e. The molecule has 1 fully saturated rings. The zero-order valence-electron chi connectivity index (χ0n) is 16.1. The first kappa shape index (κ1) is 19.1. The summed E-state index contributed by atoms with van der Waals surface area (Å²) in [5, 5.41) is 0. The van der Waals surface area contributed by atoms with Crippen LogP contribution in [0.25, 0.3) is 0 Å². The number of aromatic nitrogens is 1. The van der Waals surface area contributed by atoms with Gasteiger partial charge >= 0.3 is 6.18 Å². The van der Waals surface area contributed by atoms with Crippen LogP contribution in [0, 0.1) is 6.92 Å². The number of nitrogens with zero attached hydrogens (tertiary/aromatic N) is 3. The fraction of sp³-hybridized carbons (Fsp3) is 0.476. The third-order valence-electron chi connectivity index (χ3n) is 6.28. The maximum absolute atomic E-state index is 13.4. The second kappa shape index (κ2) is 6.65. The van der Waals surface area contributed by atoms with Gasteiger partial charge in [0.15, 0.2) is 0 Å². The van der Waals surface area contributed by atoms with E-state index in [0.717, 1.165) is 11.3 Å². The number of carbonyl (C=O) groups excluding carboxylic acids is 1. The van der Waals surface area contributed by atoms with Crippen molar-refractivity contribution in [3.8, 4) is 0 Å². The summed E-state index contributed by atoms with van der Waals surface area (Å²) in [6.07, 6.45) is -3.10. The molecule has 1 aromatic heterocycles. The van der Waals surface area contributed by atoms with E-state index in [2.05, 4.69) is 4.90 Å². The van der Waals surface area contributed by atoms with E-state index in [1.54, 1.807) is 6.07 Å². The Morgan fingerprint density at radius 3 is 2.39 bits per heavy atom. The SMILES string of the molecule is Cc1cccc(C(=O)N2CCC3(CC2)c2ccc(C(F)(F)F)n2CCN3C)c1. The molecule has 4 nitrogen and oxygen atoms in total. The number of likely N-dealkylation sites (tertiary alicyclic amines) is 1. The zero-order chi connectivity index (χ0) is 20.1. The molecule has 0 bridgehead atoms. The summed E-state index contributed by atoms with van der Waals surface area (Å²) < 4.78 is 41.5. The molecular weight excluding hydrogens is 367 g/mol. The minimum absolute atomic E-state index is 0.0108. The van der Waals surface area contributed by atoms with Crippen molar-refractivity contribution in [3.63, 3.8) is 0 Å². The van der Waals surface area contributed by atoms with Gasteiger partial charge in [0, 0.05) is 37.4 Å². The Balaban J connectivity index is 1.59. The van der Waals surface area contributed by atoms with E-state index in [1.807, 2.05) is 43.1 Å². The Morgan fingerprint density at radius 1 is 1.04 bits per heavy atom. The highest BCUT2D eigenvalue weighted by molar-refractivity contribution is 5.94. The van der Waals surface area contributed by atoms with Gasteiger partial charge in [-0.3, -0.25) is 9.69 Å². The van der Waals surface area contributed by atoms with Crippen LogP contribution in [0.5, 0.6) is 0 Å². The first-order valence-corrected chi connectivity index (χ1v) is 9.57. The van der Waals surface area contributed by atoms with Crippen LogP contribution in [-0.2, 0) is 18.3 Å². The smallest absolute Gasteiger partial charge is 0.338 e. The first-order chi connectivity index (χ1) is 13.2. The van der Waals surface area contributed by atoms with Gasteiger partial charge in [0.25, 0.3) is 5.91 Å². The summed E-state index contributed by atoms with van der Waals surface area (Å²) in [6, 6.07) is 10.3. The third kappa shape index (κ3) is 3.02. The summed E-state index contributed by atoms with van der Waals surface area (Å²) >= 11 is 0. The highest BCUT2D eigenvalue weighted by Gasteiger charge is 2.47. The van der Waals surface area contributed by atoms with Crippen molar-refractivity contribution in [3.05, 3.63) is 58.9 Å². The van der Waals surface area contributed by atoms with Crippen LogP contribution in [0.4, 0.5) is 13.2 Å². The molecule has 1 spiro atoms. The van der Waals surface area contributed by atoms with Gasteiger partial charge in [-0.05, 0) is 51.1 Å². The average molecular weight is 391 g/mol. The van der Waals surface area contributed by atoms with Crippen LogP contribution in [0.3, 0.4) is 0 Å². The molecular formula is C21H24F3N3O. The molecule has 1 amide bonds. The van der Waals surface area contributed by atoms with Gasteiger partial charge in [0.05, 0.1) is 5.54 Å². The highest BCUT2D eigenvalue weighted by Crippen LogP contribution is 2.44. The molecule has 1 aromatic carbocycles. The first-order valence-electron chi connectivity index (χ1n) is 9.57. The number of alkyl halides is 3. The summed E-state index contributed by atoms with van der Waals surface area (Å²) in [4.78, 5) is 16.8. The van der Waals surface area contributed by atoms with E-state index in [4.69, 9.17) is 0 Å². The molecule has 0 aliphatic carbocycles. The number of fused-ring (bicyclic) bond motifs is 2.